The molecule has 1 fully saturated rings. The van der Waals surface area contributed by atoms with E-state index in [1.165, 1.54) is 43.6 Å². The van der Waals surface area contributed by atoms with Gasteiger partial charge in [0.05, 0.1) is 11.3 Å². The van der Waals surface area contributed by atoms with Gasteiger partial charge in [-0.1, -0.05) is 42.5 Å². The summed E-state index contributed by atoms with van der Waals surface area (Å²) in [6, 6.07) is 18.8. The highest BCUT2D eigenvalue weighted by molar-refractivity contribution is 5.55. The van der Waals surface area contributed by atoms with Gasteiger partial charge in [0.25, 0.3) is 5.56 Å². The standard InChI is InChI=1S/C25H28N4O/c30-25-22-18-28(16-13-23(22)26-24(27-25)20-7-3-1-4-8-20)17-19-9-11-21(12-10-19)29-14-5-2-6-15-29/h1,3-4,7-12H,2,5-6,13-18H2,(H,26,27,30). The average molecular weight is 401 g/mol. The number of aromatic nitrogens is 2. The van der Waals surface area contributed by atoms with E-state index in [4.69, 9.17) is 4.98 Å². The van der Waals surface area contributed by atoms with Crippen LogP contribution in [0.5, 0.6) is 0 Å². The normalized spacial score (nSPS) is 17.0. The van der Waals surface area contributed by atoms with E-state index in [9.17, 15) is 4.79 Å². The van der Waals surface area contributed by atoms with E-state index in [0.29, 0.717) is 12.4 Å². The van der Waals surface area contributed by atoms with Crippen LogP contribution in [0.15, 0.2) is 59.4 Å². The minimum Gasteiger partial charge on any atom is -0.372 e. The molecular formula is C25H28N4O. The van der Waals surface area contributed by atoms with Crippen LogP contribution in [0.2, 0.25) is 0 Å². The Labute approximate surface area is 177 Å². The van der Waals surface area contributed by atoms with Crippen molar-refractivity contribution in [3.05, 3.63) is 81.8 Å². The van der Waals surface area contributed by atoms with E-state index in [2.05, 4.69) is 39.0 Å². The molecule has 3 aromatic rings. The van der Waals surface area contributed by atoms with Crippen molar-refractivity contribution >= 4 is 5.69 Å². The Balaban J connectivity index is 1.28. The van der Waals surface area contributed by atoms with Crippen LogP contribution in [0.4, 0.5) is 5.69 Å². The first-order valence-electron chi connectivity index (χ1n) is 11.0. The predicted molar refractivity (Wildman–Crippen MR) is 121 cm³/mol. The molecule has 0 unspecified atom stereocenters. The summed E-state index contributed by atoms with van der Waals surface area (Å²) in [5, 5.41) is 0. The van der Waals surface area contributed by atoms with Gasteiger partial charge in [-0.3, -0.25) is 9.69 Å². The van der Waals surface area contributed by atoms with Gasteiger partial charge in [0, 0.05) is 50.4 Å². The van der Waals surface area contributed by atoms with Gasteiger partial charge in [-0.15, -0.1) is 0 Å². The number of nitrogens with zero attached hydrogens (tertiary/aromatic N) is 3. The number of rotatable bonds is 4. The maximum Gasteiger partial charge on any atom is 0.255 e. The number of aromatic amines is 1. The molecule has 30 heavy (non-hydrogen) atoms. The molecule has 2 aromatic carbocycles. The van der Waals surface area contributed by atoms with Crippen molar-refractivity contribution in [1.29, 1.82) is 0 Å². The zero-order chi connectivity index (χ0) is 20.3. The molecule has 5 nitrogen and oxygen atoms in total. The summed E-state index contributed by atoms with van der Waals surface area (Å²) in [6.45, 7) is 4.78. The highest BCUT2D eigenvalue weighted by Crippen LogP contribution is 2.23. The maximum absolute atomic E-state index is 12.7. The van der Waals surface area contributed by atoms with Crippen LogP contribution in [0, 0.1) is 0 Å². The second kappa shape index (κ2) is 8.44. The van der Waals surface area contributed by atoms with Gasteiger partial charge in [0.15, 0.2) is 0 Å². The first-order valence-corrected chi connectivity index (χ1v) is 11.0. The van der Waals surface area contributed by atoms with Gasteiger partial charge in [-0.25, -0.2) is 4.98 Å². The minimum absolute atomic E-state index is 0.0102. The van der Waals surface area contributed by atoms with E-state index < -0.39 is 0 Å². The molecule has 5 rings (SSSR count). The number of fused-ring (bicyclic) bond motifs is 1. The Bertz CT molecular complexity index is 1050. The van der Waals surface area contributed by atoms with Crippen molar-refractivity contribution in [3.8, 4) is 11.4 Å². The zero-order valence-corrected chi connectivity index (χ0v) is 17.3. The predicted octanol–water partition coefficient (Wildman–Crippen LogP) is 3.99. The van der Waals surface area contributed by atoms with Crippen molar-refractivity contribution in [2.24, 2.45) is 0 Å². The molecule has 1 saturated heterocycles. The van der Waals surface area contributed by atoms with Crippen LogP contribution in [0.25, 0.3) is 11.4 Å². The number of benzene rings is 2. The molecule has 0 atom stereocenters. The van der Waals surface area contributed by atoms with Crippen molar-refractivity contribution in [3.63, 3.8) is 0 Å². The highest BCUT2D eigenvalue weighted by Gasteiger charge is 2.21. The van der Waals surface area contributed by atoms with Crippen LogP contribution in [-0.4, -0.2) is 34.5 Å². The molecule has 5 heteroatoms. The quantitative estimate of drug-likeness (QED) is 0.720. The largest absolute Gasteiger partial charge is 0.372 e. The Morgan fingerprint density at radius 2 is 1.67 bits per heavy atom. The maximum atomic E-state index is 12.7. The van der Waals surface area contributed by atoms with Crippen molar-refractivity contribution in [1.82, 2.24) is 14.9 Å². The lowest BCUT2D eigenvalue weighted by Crippen LogP contribution is -2.35. The van der Waals surface area contributed by atoms with Crippen LogP contribution >= 0.6 is 0 Å². The lowest BCUT2D eigenvalue weighted by atomic mass is 10.0. The summed E-state index contributed by atoms with van der Waals surface area (Å²) in [6.07, 6.45) is 4.75. The summed E-state index contributed by atoms with van der Waals surface area (Å²) < 4.78 is 0. The van der Waals surface area contributed by atoms with Crippen LogP contribution in [0.1, 0.15) is 36.1 Å². The molecule has 0 bridgehead atoms. The third-order valence-corrected chi connectivity index (χ3v) is 6.26. The lowest BCUT2D eigenvalue weighted by Gasteiger charge is -2.30. The first-order chi connectivity index (χ1) is 14.8. The smallest absolute Gasteiger partial charge is 0.255 e. The molecule has 0 spiro atoms. The fourth-order valence-corrected chi connectivity index (χ4v) is 4.57. The lowest BCUT2D eigenvalue weighted by molar-refractivity contribution is 0.242. The molecule has 0 aliphatic carbocycles. The van der Waals surface area contributed by atoms with E-state index in [1.54, 1.807) is 0 Å². The first kappa shape index (κ1) is 19.1. The van der Waals surface area contributed by atoms with Crippen LogP contribution in [0.3, 0.4) is 0 Å². The Morgan fingerprint density at radius 1 is 0.900 bits per heavy atom. The van der Waals surface area contributed by atoms with Gasteiger partial charge < -0.3 is 9.88 Å². The number of H-pyrrole nitrogens is 1. The molecule has 0 radical (unpaired) electrons. The molecule has 3 heterocycles. The molecule has 154 valence electrons. The third kappa shape index (κ3) is 4.03. The van der Waals surface area contributed by atoms with Crippen molar-refractivity contribution < 1.29 is 0 Å². The summed E-state index contributed by atoms with van der Waals surface area (Å²) in [4.78, 5) is 25.3. The molecule has 0 amide bonds. The second-order valence-electron chi connectivity index (χ2n) is 8.38. The van der Waals surface area contributed by atoms with E-state index in [1.807, 2.05) is 30.3 Å². The Hall–Kier alpha value is -2.92. The number of anilines is 1. The van der Waals surface area contributed by atoms with Gasteiger partial charge >= 0.3 is 0 Å². The highest BCUT2D eigenvalue weighted by atomic mass is 16.1. The zero-order valence-electron chi connectivity index (χ0n) is 17.3. The molecular weight excluding hydrogens is 372 g/mol. The molecule has 2 aliphatic rings. The summed E-state index contributed by atoms with van der Waals surface area (Å²) >= 11 is 0. The third-order valence-electron chi connectivity index (χ3n) is 6.26. The molecule has 1 N–H and O–H groups in total. The number of piperidine rings is 1. The summed E-state index contributed by atoms with van der Waals surface area (Å²) in [5.41, 5.74) is 5.32. The fourth-order valence-electron chi connectivity index (χ4n) is 4.57. The van der Waals surface area contributed by atoms with Crippen molar-refractivity contribution in [2.45, 2.75) is 38.8 Å². The molecule has 1 aromatic heterocycles. The average Bonchev–Trinajstić information content (AvgIpc) is 2.81. The van der Waals surface area contributed by atoms with E-state index in [0.717, 1.165) is 36.3 Å². The second-order valence-corrected chi connectivity index (χ2v) is 8.38. The van der Waals surface area contributed by atoms with Crippen LogP contribution < -0.4 is 10.5 Å². The topological polar surface area (TPSA) is 52.2 Å². The fraction of sp³-hybridized carbons (Fsp3) is 0.360. The van der Waals surface area contributed by atoms with Crippen molar-refractivity contribution in [2.75, 3.05) is 24.5 Å². The van der Waals surface area contributed by atoms with Gasteiger partial charge in [-0.2, -0.15) is 0 Å². The SMILES string of the molecule is O=c1[nH]c(-c2ccccc2)nc2c1CN(Cc1ccc(N3CCCCC3)cc1)CC2. The van der Waals surface area contributed by atoms with Crippen LogP contribution in [-0.2, 0) is 19.5 Å². The Morgan fingerprint density at radius 3 is 2.43 bits per heavy atom. The molecule has 0 saturated carbocycles. The monoisotopic (exact) mass is 400 g/mol. The summed E-state index contributed by atoms with van der Waals surface area (Å²) in [7, 11) is 0. The minimum atomic E-state index is -0.0102. The Kier molecular flexibility index (Phi) is 5.37. The van der Waals surface area contributed by atoms with Gasteiger partial charge in [0.2, 0.25) is 0 Å². The molecule has 2 aliphatic heterocycles. The van der Waals surface area contributed by atoms with Gasteiger partial charge in [0.1, 0.15) is 5.82 Å². The number of hydrogen-bond donors (Lipinski definition) is 1. The van der Waals surface area contributed by atoms with E-state index >= 15 is 0 Å². The summed E-state index contributed by atoms with van der Waals surface area (Å²) in [5.74, 6) is 0.668. The number of hydrogen-bond acceptors (Lipinski definition) is 4. The number of nitrogens with one attached hydrogen (secondary N) is 1. The van der Waals surface area contributed by atoms with Gasteiger partial charge in [-0.05, 0) is 37.0 Å². The van der Waals surface area contributed by atoms with E-state index in [-0.39, 0.29) is 5.56 Å².